The predicted molar refractivity (Wildman–Crippen MR) is 237 cm³/mol. The summed E-state index contributed by atoms with van der Waals surface area (Å²) < 4.78 is 0. The molecule has 0 saturated carbocycles. The Labute approximate surface area is 323 Å². The molecule has 3 heteroatoms. The predicted octanol–water partition coefficient (Wildman–Crippen LogP) is 13.9. The summed E-state index contributed by atoms with van der Waals surface area (Å²) in [6.45, 7) is 10.4. The molecule has 1 heterocycles. The summed E-state index contributed by atoms with van der Waals surface area (Å²) in [6, 6.07) is 53.5. The Bertz CT molecular complexity index is 2770. The SMILES string of the molecule is C=Cc1c(C=C)c2ccc(-c3cccc(-c4nc(-c5ccc(-c6ccccc6)cc5)cc(-c5cccc(/C(C=NC)=C/CC)c5)n4)c3)cc2c2ccccc12. The Hall–Kier alpha value is -6.97. The molecule has 0 aliphatic rings. The third-order valence-corrected chi connectivity index (χ3v) is 10.2. The summed E-state index contributed by atoms with van der Waals surface area (Å²) in [6.07, 6.45) is 8.92. The van der Waals surface area contributed by atoms with Gasteiger partial charge in [-0.2, -0.15) is 0 Å². The fourth-order valence-electron chi connectivity index (χ4n) is 7.50. The van der Waals surface area contributed by atoms with Gasteiger partial charge in [-0.1, -0.05) is 166 Å². The number of nitrogens with zero attached hydrogens (tertiary/aromatic N) is 3. The summed E-state index contributed by atoms with van der Waals surface area (Å²) in [4.78, 5) is 14.8. The monoisotopic (exact) mass is 707 g/mol. The second kappa shape index (κ2) is 15.6. The van der Waals surface area contributed by atoms with Crippen molar-refractivity contribution in [1.29, 1.82) is 0 Å². The second-order valence-corrected chi connectivity index (χ2v) is 13.6. The first kappa shape index (κ1) is 35.1. The molecule has 0 spiro atoms. The van der Waals surface area contributed by atoms with E-state index < -0.39 is 0 Å². The number of hydrogen-bond donors (Lipinski definition) is 0. The molecule has 0 aliphatic heterocycles. The van der Waals surface area contributed by atoms with E-state index in [9.17, 15) is 0 Å². The van der Waals surface area contributed by atoms with Crippen LogP contribution in [0.5, 0.6) is 0 Å². The molecule has 7 aromatic carbocycles. The van der Waals surface area contributed by atoms with Crippen molar-refractivity contribution >= 4 is 45.5 Å². The molecule has 0 aliphatic carbocycles. The fraction of sp³-hybridized carbons (Fsp3) is 0.0577. The van der Waals surface area contributed by atoms with Gasteiger partial charge in [-0.25, -0.2) is 9.97 Å². The minimum Gasteiger partial charge on any atom is -0.296 e. The van der Waals surface area contributed by atoms with Gasteiger partial charge in [-0.05, 0) is 96.7 Å². The molecule has 0 saturated heterocycles. The third kappa shape index (κ3) is 6.96. The van der Waals surface area contributed by atoms with Crippen molar-refractivity contribution in [3.05, 3.63) is 188 Å². The van der Waals surface area contributed by atoms with Crippen molar-refractivity contribution < 1.29 is 0 Å². The van der Waals surface area contributed by atoms with Crippen molar-refractivity contribution in [3.8, 4) is 56.2 Å². The average Bonchev–Trinajstić information content (AvgIpc) is 3.26. The number of aliphatic imine (C=N–C) groups is 1. The Kier molecular flexibility index (Phi) is 9.92. The maximum absolute atomic E-state index is 5.24. The molecule has 8 aromatic rings. The van der Waals surface area contributed by atoms with E-state index in [0.29, 0.717) is 5.82 Å². The molecule has 0 fully saturated rings. The van der Waals surface area contributed by atoms with Crippen LogP contribution in [0, 0.1) is 0 Å². The first-order valence-electron chi connectivity index (χ1n) is 18.7. The highest BCUT2D eigenvalue weighted by Crippen LogP contribution is 2.38. The van der Waals surface area contributed by atoms with E-state index in [2.05, 4.69) is 177 Å². The molecule has 264 valence electrons. The van der Waals surface area contributed by atoms with Crippen LogP contribution in [0.15, 0.2) is 176 Å². The normalized spacial score (nSPS) is 11.7. The Morgan fingerprint density at radius 3 is 1.80 bits per heavy atom. The summed E-state index contributed by atoms with van der Waals surface area (Å²) in [7, 11) is 1.81. The van der Waals surface area contributed by atoms with Gasteiger partial charge in [0.05, 0.1) is 11.4 Å². The topological polar surface area (TPSA) is 38.1 Å². The van der Waals surface area contributed by atoms with Crippen LogP contribution in [0.2, 0.25) is 0 Å². The van der Waals surface area contributed by atoms with Gasteiger partial charge >= 0.3 is 0 Å². The molecular formula is C52H41N3. The van der Waals surface area contributed by atoms with Crippen molar-refractivity contribution in [2.45, 2.75) is 13.3 Å². The molecule has 55 heavy (non-hydrogen) atoms. The van der Waals surface area contributed by atoms with Crippen molar-refractivity contribution in [2.24, 2.45) is 4.99 Å². The van der Waals surface area contributed by atoms with E-state index in [0.717, 1.165) is 78.8 Å². The second-order valence-electron chi connectivity index (χ2n) is 13.6. The Morgan fingerprint density at radius 2 is 1.07 bits per heavy atom. The van der Waals surface area contributed by atoms with Crippen LogP contribution in [0.4, 0.5) is 0 Å². The highest BCUT2D eigenvalue weighted by atomic mass is 14.9. The summed E-state index contributed by atoms with van der Waals surface area (Å²) >= 11 is 0. The van der Waals surface area contributed by atoms with Crippen LogP contribution < -0.4 is 0 Å². The zero-order chi connectivity index (χ0) is 37.7. The fourth-order valence-corrected chi connectivity index (χ4v) is 7.50. The van der Waals surface area contributed by atoms with Gasteiger partial charge in [0.25, 0.3) is 0 Å². The lowest BCUT2D eigenvalue weighted by atomic mass is 9.89. The van der Waals surface area contributed by atoms with E-state index in [-0.39, 0.29) is 0 Å². The maximum atomic E-state index is 5.24. The van der Waals surface area contributed by atoms with E-state index in [1.54, 1.807) is 0 Å². The van der Waals surface area contributed by atoms with Crippen molar-refractivity contribution in [2.75, 3.05) is 7.05 Å². The number of fused-ring (bicyclic) bond motifs is 3. The Morgan fingerprint density at radius 1 is 0.509 bits per heavy atom. The van der Waals surface area contributed by atoms with Crippen LogP contribution in [0.25, 0.3) is 95.4 Å². The summed E-state index contributed by atoms with van der Waals surface area (Å²) in [5, 5.41) is 4.71. The largest absolute Gasteiger partial charge is 0.296 e. The number of rotatable bonds is 10. The number of aromatic nitrogens is 2. The molecule has 3 nitrogen and oxygen atoms in total. The van der Waals surface area contributed by atoms with E-state index in [1.807, 2.05) is 31.5 Å². The third-order valence-electron chi connectivity index (χ3n) is 10.2. The van der Waals surface area contributed by atoms with E-state index in [4.69, 9.17) is 9.97 Å². The van der Waals surface area contributed by atoms with Gasteiger partial charge in [0, 0.05) is 30.0 Å². The van der Waals surface area contributed by atoms with Gasteiger partial charge in [-0.3, -0.25) is 4.99 Å². The first-order chi connectivity index (χ1) is 27.1. The quantitative estimate of drug-likeness (QED) is 0.105. The standard InChI is InChI=1S/C52H41N3/c1-5-15-43(34-53-4)39-19-13-20-41(30-39)51-33-50(37-26-24-36(25-27-37)35-16-9-8-10-17-35)54-52(55-51)42-21-14-18-38(31-42)40-28-29-48-45(7-3)44(6-2)46-22-11-12-23-47(46)49(48)32-40/h6-34H,2-3,5H2,1,4H3/b43-15+,53-34?. The molecule has 0 N–H and O–H groups in total. The van der Waals surface area contributed by atoms with E-state index in [1.165, 1.54) is 21.7 Å². The van der Waals surface area contributed by atoms with Crippen LogP contribution in [-0.2, 0) is 0 Å². The van der Waals surface area contributed by atoms with Gasteiger partial charge in [0.1, 0.15) is 0 Å². The van der Waals surface area contributed by atoms with Crippen LogP contribution in [0.1, 0.15) is 30.0 Å². The maximum Gasteiger partial charge on any atom is 0.160 e. The molecule has 0 bridgehead atoms. The lowest BCUT2D eigenvalue weighted by Crippen LogP contribution is -1.97. The molecule has 0 unspecified atom stereocenters. The molecule has 0 radical (unpaired) electrons. The molecule has 0 amide bonds. The van der Waals surface area contributed by atoms with E-state index >= 15 is 0 Å². The van der Waals surface area contributed by atoms with Crippen LogP contribution in [0.3, 0.4) is 0 Å². The first-order valence-corrected chi connectivity index (χ1v) is 18.7. The van der Waals surface area contributed by atoms with Crippen molar-refractivity contribution in [3.63, 3.8) is 0 Å². The van der Waals surface area contributed by atoms with Crippen molar-refractivity contribution in [1.82, 2.24) is 9.97 Å². The minimum absolute atomic E-state index is 0.669. The molecule has 0 atom stereocenters. The highest BCUT2D eigenvalue weighted by Gasteiger charge is 2.15. The van der Waals surface area contributed by atoms with Crippen LogP contribution in [-0.4, -0.2) is 23.2 Å². The minimum atomic E-state index is 0.669. The molecular weight excluding hydrogens is 667 g/mol. The molecule has 8 rings (SSSR count). The summed E-state index contributed by atoms with van der Waals surface area (Å²) in [5.41, 5.74) is 13.7. The number of allylic oxidation sites excluding steroid dienone is 2. The van der Waals surface area contributed by atoms with Gasteiger partial charge in [0.15, 0.2) is 5.82 Å². The summed E-state index contributed by atoms with van der Waals surface area (Å²) in [5.74, 6) is 0.669. The lowest BCUT2D eigenvalue weighted by molar-refractivity contribution is 1.18. The van der Waals surface area contributed by atoms with Gasteiger partial charge in [-0.15, -0.1) is 0 Å². The average molecular weight is 708 g/mol. The highest BCUT2D eigenvalue weighted by molar-refractivity contribution is 6.15. The zero-order valence-corrected chi connectivity index (χ0v) is 31.2. The smallest absolute Gasteiger partial charge is 0.160 e. The lowest BCUT2D eigenvalue weighted by Gasteiger charge is -2.15. The number of hydrogen-bond acceptors (Lipinski definition) is 3. The van der Waals surface area contributed by atoms with Gasteiger partial charge < -0.3 is 0 Å². The van der Waals surface area contributed by atoms with Crippen LogP contribution >= 0.6 is 0 Å². The Balaban J connectivity index is 1.26. The zero-order valence-electron chi connectivity index (χ0n) is 31.2. The van der Waals surface area contributed by atoms with Gasteiger partial charge in [0.2, 0.25) is 0 Å². The molecule has 1 aromatic heterocycles. The number of benzene rings is 7.